The van der Waals surface area contributed by atoms with Crippen LogP contribution in [0.5, 0.6) is 0 Å². The van der Waals surface area contributed by atoms with Crippen LogP contribution in [0.15, 0.2) is 24.5 Å². The highest BCUT2D eigenvalue weighted by Crippen LogP contribution is 2.29. The van der Waals surface area contributed by atoms with Gasteiger partial charge in [-0.25, -0.2) is 4.57 Å². The van der Waals surface area contributed by atoms with Crippen molar-refractivity contribution in [3.05, 3.63) is 30.1 Å². The number of hydrogen-bond acceptors (Lipinski definition) is 1. The molecule has 0 N–H and O–H groups in total. The van der Waals surface area contributed by atoms with E-state index < -0.39 is 0 Å². The Labute approximate surface area is 92.5 Å². The first kappa shape index (κ1) is 10.6. The second-order valence-electron chi connectivity index (χ2n) is 4.82. The summed E-state index contributed by atoms with van der Waals surface area (Å²) in [6.07, 6.45) is 7.09. The topological polar surface area (TPSA) is 7.12 Å². The molecule has 0 spiro atoms. The van der Waals surface area contributed by atoms with Gasteiger partial charge in [0.2, 0.25) is 0 Å². The van der Waals surface area contributed by atoms with E-state index in [-0.39, 0.29) is 0 Å². The molecule has 2 rings (SSSR count). The number of likely N-dealkylation sites (tertiary alicyclic amines) is 1. The second-order valence-corrected chi connectivity index (χ2v) is 4.82. The van der Waals surface area contributed by atoms with Crippen LogP contribution in [0.2, 0.25) is 0 Å². The molecular weight excluding hydrogens is 184 g/mol. The van der Waals surface area contributed by atoms with Gasteiger partial charge >= 0.3 is 0 Å². The molecule has 2 heteroatoms. The Morgan fingerprint density at radius 1 is 1.47 bits per heavy atom. The van der Waals surface area contributed by atoms with Crippen LogP contribution in [0, 0.1) is 0 Å². The van der Waals surface area contributed by atoms with Crippen molar-refractivity contribution in [3.8, 4) is 0 Å². The van der Waals surface area contributed by atoms with Crippen molar-refractivity contribution < 1.29 is 4.57 Å². The molecular formula is C13H21N2+. The van der Waals surface area contributed by atoms with Crippen molar-refractivity contribution >= 4 is 0 Å². The monoisotopic (exact) mass is 205 g/mol. The van der Waals surface area contributed by atoms with Gasteiger partial charge in [0.15, 0.2) is 18.4 Å². The highest BCUT2D eigenvalue weighted by molar-refractivity contribution is 5.12. The third-order valence-corrected chi connectivity index (χ3v) is 3.35. The van der Waals surface area contributed by atoms with Gasteiger partial charge in [0.1, 0.15) is 0 Å². The van der Waals surface area contributed by atoms with Gasteiger partial charge in [-0.05, 0) is 46.3 Å². The van der Waals surface area contributed by atoms with Gasteiger partial charge in [0.05, 0.1) is 0 Å². The summed E-state index contributed by atoms with van der Waals surface area (Å²) in [6.45, 7) is 5.69. The summed E-state index contributed by atoms with van der Waals surface area (Å²) in [4.78, 5) is 2.46. The molecule has 2 heterocycles. The first-order valence-electron chi connectivity index (χ1n) is 5.89. The molecule has 1 saturated heterocycles. The maximum Gasteiger partial charge on any atom is 0.173 e. The van der Waals surface area contributed by atoms with Crippen molar-refractivity contribution in [3.63, 3.8) is 0 Å². The van der Waals surface area contributed by atoms with Crippen LogP contribution in [0.25, 0.3) is 0 Å². The van der Waals surface area contributed by atoms with Gasteiger partial charge in [-0.2, -0.15) is 0 Å². The summed E-state index contributed by atoms with van der Waals surface area (Å²) >= 11 is 0. The van der Waals surface area contributed by atoms with E-state index in [1.54, 1.807) is 0 Å². The molecule has 1 fully saturated rings. The van der Waals surface area contributed by atoms with Crippen molar-refractivity contribution in [2.75, 3.05) is 13.6 Å². The van der Waals surface area contributed by atoms with Crippen LogP contribution in [0.1, 0.15) is 44.3 Å². The Morgan fingerprint density at radius 2 is 2.27 bits per heavy atom. The molecule has 1 atom stereocenters. The molecule has 0 radical (unpaired) electrons. The molecule has 15 heavy (non-hydrogen) atoms. The minimum atomic E-state index is 0.552. The number of hydrogen-bond donors (Lipinski definition) is 0. The third-order valence-electron chi connectivity index (χ3n) is 3.35. The van der Waals surface area contributed by atoms with Crippen LogP contribution >= 0.6 is 0 Å². The molecule has 0 aliphatic carbocycles. The summed E-state index contributed by atoms with van der Waals surface area (Å²) < 4.78 is 2.29. The highest BCUT2D eigenvalue weighted by atomic mass is 15.1. The lowest BCUT2D eigenvalue weighted by molar-refractivity contribution is -0.716. The molecule has 1 aromatic heterocycles. The fourth-order valence-corrected chi connectivity index (χ4v) is 2.36. The molecule has 82 valence electrons. The average molecular weight is 205 g/mol. The van der Waals surface area contributed by atoms with E-state index in [0.717, 1.165) is 0 Å². The second kappa shape index (κ2) is 4.31. The van der Waals surface area contributed by atoms with Crippen molar-refractivity contribution in [1.82, 2.24) is 4.90 Å². The Kier molecular flexibility index (Phi) is 3.06. The minimum Gasteiger partial charge on any atom is -0.299 e. The molecule has 2 nitrogen and oxygen atoms in total. The fourth-order valence-electron chi connectivity index (χ4n) is 2.36. The highest BCUT2D eigenvalue weighted by Gasteiger charge is 2.24. The normalized spacial score (nSPS) is 22.5. The van der Waals surface area contributed by atoms with E-state index in [1.807, 2.05) is 0 Å². The van der Waals surface area contributed by atoms with Gasteiger partial charge in [0, 0.05) is 17.7 Å². The zero-order chi connectivity index (χ0) is 10.8. The van der Waals surface area contributed by atoms with Crippen LogP contribution in [-0.4, -0.2) is 18.5 Å². The van der Waals surface area contributed by atoms with Crippen LogP contribution in [-0.2, 0) is 0 Å². The zero-order valence-electron chi connectivity index (χ0n) is 9.98. The summed E-state index contributed by atoms with van der Waals surface area (Å²) in [5, 5.41) is 0. The lowest BCUT2D eigenvalue weighted by atomic mass is 10.1. The Bertz CT molecular complexity index is 333. The Balaban J connectivity index is 2.24. The third kappa shape index (κ3) is 2.20. The minimum absolute atomic E-state index is 0.552. The van der Waals surface area contributed by atoms with Crippen LogP contribution in [0.4, 0.5) is 0 Å². The maximum atomic E-state index is 2.46. The SMILES string of the molecule is CC(C)[n+]1cccc([C@@H]2CCCN2C)c1. The first-order chi connectivity index (χ1) is 7.18. The molecule has 1 aliphatic heterocycles. The average Bonchev–Trinajstić information content (AvgIpc) is 2.64. The molecule has 0 amide bonds. The lowest BCUT2D eigenvalue weighted by Crippen LogP contribution is -2.36. The smallest absolute Gasteiger partial charge is 0.173 e. The first-order valence-corrected chi connectivity index (χ1v) is 5.89. The number of nitrogens with zero attached hydrogens (tertiary/aromatic N) is 2. The number of pyridine rings is 1. The predicted octanol–water partition coefficient (Wildman–Crippen LogP) is 2.32. The lowest BCUT2D eigenvalue weighted by Gasteiger charge is -2.18. The van der Waals surface area contributed by atoms with Crippen molar-refractivity contribution in [1.29, 1.82) is 0 Å². The Hall–Kier alpha value is -0.890. The standard InChI is InChI=1S/C13H21N2/c1-11(2)15-9-4-6-12(10-15)13-7-5-8-14(13)3/h4,6,9-11,13H,5,7-8H2,1-3H3/q+1/t13-/m0/s1. The van der Waals surface area contributed by atoms with Crippen molar-refractivity contribution in [2.24, 2.45) is 0 Å². The number of aromatic nitrogens is 1. The molecule has 0 unspecified atom stereocenters. The summed E-state index contributed by atoms with van der Waals surface area (Å²) in [5.74, 6) is 0. The van der Waals surface area contributed by atoms with Gasteiger partial charge in [-0.15, -0.1) is 0 Å². The van der Waals surface area contributed by atoms with E-state index in [2.05, 4.69) is 54.9 Å². The molecule has 0 aromatic carbocycles. The van der Waals surface area contributed by atoms with E-state index >= 15 is 0 Å². The molecule has 1 aromatic rings. The zero-order valence-corrected chi connectivity index (χ0v) is 9.98. The Morgan fingerprint density at radius 3 is 2.87 bits per heavy atom. The molecule has 0 bridgehead atoms. The van der Waals surface area contributed by atoms with E-state index in [0.29, 0.717) is 12.1 Å². The van der Waals surface area contributed by atoms with Crippen LogP contribution < -0.4 is 4.57 Å². The summed E-state index contributed by atoms with van der Waals surface area (Å²) in [6, 6.07) is 5.61. The van der Waals surface area contributed by atoms with E-state index in [1.165, 1.54) is 24.9 Å². The van der Waals surface area contributed by atoms with Gasteiger partial charge < -0.3 is 0 Å². The molecule has 0 saturated carbocycles. The molecule has 1 aliphatic rings. The van der Waals surface area contributed by atoms with E-state index in [4.69, 9.17) is 0 Å². The van der Waals surface area contributed by atoms with Gasteiger partial charge in [0.25, 0.3) is 0 Å². The summed E-state index contributed by atoms with van der Waals surface area (Å²) in [5.41, 5.74) is 1.46. The van der Waals surface area contributed by atoms with Crippen molar-refractivity contribution in [2.45, 2.75) is 38.8 Å². The quantitative estimate of drug-likeness (QED) is 0.672. The summed E-state index contributed by atoms with van der Waals surface area (Å²) in [7, 11) is 2.23. The van der Waals surface area contributed by atoms with Gasteiger partial charge in [-0.3, -0.25) is 4.90 Å². The van der Waals surface area contributed by atoms with Gasteiger partial charge in [-0.1, -0.05) is 0 Å². The predicted molar refractivity (Wildman–Crippen MR) is 61.6 cm³/mol. The maximum absolute atomic E-state index is 2.46. The number of rotatable bonds is 2. The fraction of sp³-hybridized carbons (Fsp3) is 0.615. The van der Waals surface area contributed by atoms with Crippen LogP contribution in [0.3, 0.4) is 0 Å². The largest absolute Gasteiger partial charge is 0.299 e. The van der Waals surface area contributed by atoms with E-state index in [9.17, 15) is 0 Å².